The maximum atomic E-state index is 12.3. The molecule has 0 saturated heterocycles. The molecule has 2 heterocycles. The number of hydrogen-bond acceptors (Lipinski definition) is 4. The van der Waals surface area contributed by atoms with Gasteiger partial charge >= 0.3 is 0 Å². The van der Waals surface area contributed by atoms with Gasteiger partial charge in [0.25, 0.3) is 5.91 Å². The Balaban J connectivity index is 1.88. The van der Waals surface area contributed by atoms with Gasteiger partial charge in [0.15, 0.2) is 10.6 Å². The first-order chi connectivity index (χ1) is 11.9. The van der Waals surface area contributed by atoms with E-state index in [2.05, 4.69) is 4.99 Å². The fourth-order valence-electron chi connectivity index (χ4n) is 2.12. The largest absolute Gasteiger partial charge is 0.319 e. The lowest BCUT2D eigenvalue weighted by Crippen LogP contribution is -2.17. The molecule has 0 N–H and O–H groups in total. The van der Waals surface area contributed by atoms with E-state index in [9.17, 15) is 9.59 Å². The molecule has 0 bridgehead atoms. The SMILES string of the molecule is CC(=O)c1ccc(C(=O)N=c2sccn2Cc2ccc(Cl)cc2Cl)s1. The summed E-state index contributed by atoms with van der Waals surface area (Å²) in [7, 11) is 0. The zero-order chi connectivity index (χ0) is 18.0. The Labute approximate surface area is 162 Å². The average molecular weight is 411 g/mol. The van der Waals surface area contributed by atoms with Crippen LogP contribution in [0.25, 0.3) is 0 Å². The van der Waals surface area contributed by atoms with Gasteiger partial charge in [-0.2, -0.15) is 4.99 Å². The minimum absolute atomic E-state index is 0.0624. The summed E-state index contributed by atoms with van der Waals surface area (Å²) in [4.78, 5) is 29.4. The molecule has 2 aromatic heterocycles. The van der Waals surface area contributed by atoms with Crippen LogP contribution in [-0.4, -0.2) is 16.3 Å². The van der Waals surface area contributed by atoms with E-state index in [-0.39, 0.29) is 11.7 Å². The molecule has 25 heavy (non-hydrogen) atoms. The number of amides is 1. The van der Waals surface area contributed by atoms with Gasteiger partial charge in [-0.15, -0.1) is 22.7 Å². The lowest BCUT2D eigenvalue weighted by molar-refractivity contribution is 0.0999. The Morgan fingerprint density at radius 3 is 2.60 bits per heavy atom. The highest BCUT2D eigenvalue weighted by Gasteiger charge is 2.11. The fourth-order valence-corrected chi connectivity index (χ4v) is 4.10. The molecule has 3 aromatic rings. The van der Waals surface area contributed by atoms with Gasteiger partial charge in [-0.1, -0.05) is 29.3 Å². The van der Waals surface area contributed by atoms with Gasteiger partial charge in [-0.3, -0.25) is 9.59 Å². The summed E-state index contributed by atoms with van der Waals surface area (Å²) in [5, 5.41) is 2.99. The van der Waals surface area contributed by atoms with Crippen molar-refractivity contribution >= 4 is 57.6 Å². The summed E-state index contributed by atoms with van der Waals surface area (Å²) < 4.78 is 1.84. The number of carbonyl (C=O) groups is 2. The van der Waals surface area contributed by atoms with Crippen LogP contribution in [0.1, 0.15) is 31.8 Å². The quantitative estimate of drug-likeness (QED) is 0.573. The van der Waals surface area contributed by atoms with Crippen molar-refractivity contribution in [2.24, 2.45) is 4.99 Å². The summed E-state index contributed by atoms with van der Waals surface area (Å²) in [6.45, 7) is 1.95. The third-order valence-electron chi connectivity index (χ3n) is 3.38. The van der Waals surface area contributed by atoms with Crippen LogP contribution < -0.4 is 4.80 Å². The van der Waals surface area contributed by atoms with E-state index in [1.807, 2.05) is 22.2 Å². The number of thiophene rings is 1. The van der Waals surface area contributed by atoms with Gasteiger partial charge in [0, 0.05) is 21.6 Å². The van der Waals surface area contributed by atoms with E-state index < -0.39 is 0 Å². The Morgan fingerprint density at radius 2 is 1.92 bits per heavy atom. The summed E-state index contributed by atoms with van der Waals surface area (Å²) in [6, 6.07) is 8.57. The summed E-state index contributed by atoms with van der Waals surface area (Å²) in [5.74, 6) is -0.427. The molecule has 3 rings (SSSR count). The van der Waals surface area contributed by atoms with E-state index in [0.717, 1.165) is 16.9 Å². The van der Waals surface area contributed by atoms with Crippen LogP contribution in [0.5, 0.6) is 0 Å². The van der Waals surface area contributed by atoms with E-state index in [1.54, 1.807) is 24.3 Å². The van der Waals surface area contributed by atoms with E-state index in [4.69, 9.17) is 23.2 Å². The topological polar surface area (TPSA) is 51.4 Å². The summed E-state index contributed by atoms with van der Waals surface area (Å²) >= 11 is 14.6. The Kier molecular flexibility index (Phi) is 5.54. The van der Waals surface area contributed by atoms with Crippen LogP contribution >= 0.6 is 45.9 Å². The van der Waals surface area contributed by atoms with Gasteiger partial charge < -0.3 is 4.57 Å². The van der Waals surface area contributed by atoms with Crippen LogP contribution in [-0.2, 0) is 6.54 Å². The first-order valence-electron chi connectivity index (χ1n) is 7.22. The van der Waals surface area contributed by atoms with Crippen LogP contribution in [0.4, 0.5) is 0 Å². The number of rotatable bonds is 4. The zero-order valence-corrected chi connectivity index (χ0v) is 16.2. The van der Waals surface area contributed by atoms with Crippen LogP contribution in [0.3, 0.4) is 0 Å². The first kappa shape index (κ1) is 18.1. The van der Waals surface area contributed by atoms with Crippen molar-refractivity contribution in [2.45, 2.75) is 13.5 Å². The second-order valence-corrected chi connectivity index (χ2v) is 7.99. The van der Waals surface area contributed by atoms with Gasteiger partial charge in [0.2, 0.25) is 0 Å². The number of Topliss-reactive ketones (excluding diaryl/α,β-unsaturated/α-hetero) is 1. The van der Waals surface area contributed by atoms with Crippen molar-refractivity contribution in [2.75, 3.05) is 0 Å². The fraction of sp³-hybridized carbons (Fsp3) is 0.118. The van der Waals surface area contributed by atoms with Crippen molar-refractivity contribution < 1.29 is 9.59 Å². The summed E-state index contributed by atoms with van der Waals surface area (Å²) in [5.41, 5.74) is 0.883. The molecule has 0 fully saturated rings. The smallest absolute Gasteiger partial charge is 0.289 e. The molecular formula is C17H12Cl2N2O2S2. The number of hydrogen-bond donors (Lipinski definition) is 0. The lowest BCUT2D eigenvalue weighted by atomic mass is 10.2. The maximum absolute atomic E-state index is 12.3. The zero-order valence-electron chi connectivity index (χ0n) is 13.0. The van der Waals surface area contributed by atoms with Gasteiger partial charge in [0.1, 0.15) is 0 Å². The predicted octanol–water partition coefficient (Wildman–Crippen LogP) is 4.91. The van der Waals surface area contributed by atoms with Crippen LogP contribution in [0, 0.1) is 0 Å². The molecule has 0 aliphatic carbocycles. The third kappa shape index (κ3) is 4.27. The molecule has 0 radical (unpaired) electrons. The number of aromatic nitrogens is 1. The Hall–Kier alpha value is -1.73. The lowest BCUT2D eigenvalue weighted by Gasteiger charge is -2.06. The molecule has 4 nitrogen and oxygen atoms in total. The highest BCUT2D eigenvalue weighted by atomic mass is 35.5. The average Bonchev–Trinajstić information content (AvgIpc) is 3.20. The summed E-state index contributed by atoms with van der Waals surface area (Å²) in [6.07, 6.45) is 1.84. The van der Waals surface area contributed by atoms with Crippen molar-refractivity contribution in [3.63, 3.8) is 0 Å². The van der Waals surface area contributed by atoms with E-state index in [0.29, 0.717) is 31.1 Å². The molecule has 0 aliphatic heterocycles. The van der Waals surface area contributed by atoms with Crippen molar-refractivity contribution in [1.29, 1.82) is 0 Å². The number of carbonyl (C=O) groups excluding carboxylic acids is 2. The van der Waals surface area contributed by atoms with Crippen molar-refractivity contribution in [3.05, 3.63) is 72.1 Å². The molecule has 0 atom stereocenters. The number of nitrogens with zero attached hydrogens (tertiary/aromatic N) is 2. The minimum Gasteiger partial charge on any atom is -0.319 e. The maximum Gasteiger partial charge on any atom is 0.289 e. The molecule has 128 valence electrons. The molecule has 0 saturated carbocycles. The monoisotopic (exact) mass is 410 g/mol. The van der Waals surface area contributed by atoms with Crippen molar-refractivity contribution in [3.8, 4) is 0 Å². The van der Waals surface area contributed by atoms with E-state index in [1.165, 1.54) is 18.3 Å². The highest BCUT2D eigenvalue weighted by Crippen LogP contribution is 2.22. The normalized spacial score (nSPS) is 11.7. The van der Waals surface area contributed by atoms with E-state index >= 15 is 0 Å². The molecule has 1 aromatic carbocycles. The number of benzene rings is 1. The number of halogens is 2. The second kappa shape index (κ2) is 7.66. The van der Waals surface area contributed by atoms with Gasteiger partial charge in [-0.05, 0) is 36.8 Å². The molecule has 1 amide bonds. The predicted molar refractivity (Wildman–Crippen MR) is 102 cm³/mol. The molecule has 0 spiro atoms. The second-order valence-electron chi connectivity index (χ2n) is 5.19. The molecule has 0 unspecified atom stereocenters. The van der Waals surface area contributed by atoms with Gasteiger partial charge in [0.05, 0.1) is 16.3 Å². The van der Waals surface area contributed by atoms with Crippen LogP contribution in [0.2, 0.25) is 10.0 Å². The molecule has 0 aliphatic rings. The van der Waals surface area contributed by atoms with Crippen LogP contribution in [0.15, 0.2) is 46.9 Å². The highest BCUT2D eigenvalue weighted by molar-refractivity contribution is 7.16. The molecular weight excluding hydrogens is 399 g/mol. The first-order valence-corrected chi connectivity index (χ1v) is 9.67. The standard InChI is InChI=1S/C17H12Cl2N2O2S2/c1-10(22)14-4-5-15(25-14)16(23)20-17-21(6-7-24-17)9-11-2-3-12(18)8-13(11)19/h2-8H,9H2,1H3. The Bertz CT molecular complexity index is 1020. The van der Waals surface area contributed by atoms with Crippen molar-refractivity contribution in [1.82, 2.24) is 4.57 Å². The Morgan fingerprint density at radius 1 is 1.16 bits per heavy atom. The number of thiazole rings is 1. The minimum atomic E-state index is -0.365. The number of ketones is 1. The third-order valence-corrected chi connectivity index (χ3v) is 5.93. The van der Waals surface area contributed by atoms with Gasteiger partial charge in [-0.25, -0.2) is 0 Å². The molecule has 8 heteroatoms.